The molecule has 106 valence electrons. The summed E-state index contributed by atoms with van der Waals surface area (Å²) < 4.78 is 10.3. The number of ether oxygens (including phenoxy) is 1. The highest BCUT2D eigenvalue weighted by atomic mass is 16.5. The van der Waals surface area contributed by atoms with Gasteiger partial charge in [0.2, 0.25) is 16.6 Å². The zero-order valence-corrected chi connectivity index (χ0v) is 11.1. The molecule has 0 saturated carbocycles. The van der Waals surface area contributed by atoms with Gasteiger partial charge in [0.1, 0.15) is 16.5 Å². The first-order chi connectivity index (χ1) is 10.1. The van der Waals surface area contributed by atoms with Gasteiger partial charge in [-0.2, -0.15) is 0 Å². The van der Waals surface area contributed by atoms with Crippen molar-refractivity contribution in [1.29, 1.82) is 0 Å². The van der Waals surface area contributed by atoms with E-state index in [0.29, 0.717) is 5.58 Å². The Morgan fingerprint density at radius 1 is 1.24 bits per heavy atom. The lowest BCUT2D eigenvalue weighted by atomic mass is 10.1. The summed E-state index contributed by atoms with van der Waals surface area (Å²) in [6.45, 7) is 1.78. The lowest BCUT2D eigenvalue weighted by Crippen LogP contribution is -2.22. The number of H-pyrrole nitrogens is 1. The van der Waals surface area contributed by atoms with Crippen molar-refractivity contribution in [3.63, 3.8) is 0 Å². The predicted octanol–water partition coefficient (Wildman–Crippen LogP) is 1.81. The number of fused-ring (bicyclic) bond motifs is 2. The molecule has 3 rings (SSSR count). The summed E-state index contributed by atoms with van der Waals surface area (Å²) >= 11 is 0. The standard InChI is InChI=1S/C15H11NO5/c1-2-20-15(19)9-7-16-14-11(13(9)18)12(17)8-5-3-4-6-10(8)21-14/h3-7H,2H2,1H3,(H,16,18). The maximum Gasteiger partial charge on any atom is 0.343 e. The average Bonchev–Trinajstić information content (AvgIpc) is 2.47. The molecule has 0 spiro atoms. The minimum Gasteiger partial charge on any atom is -0.462 e. The molecule has 6 heteroatoms. The van der Waals surface area contributed by atoms with Crippen molar-refractivity contribution in [3.05, 3.63) is 56.5 Å². The number of pyridine rings is 1. The summed E-state index contributed by atoms with van der Waals surface area (Å²) in [5.41, 5.74) is -0.973. The Hall–Kier alpha value is -2.89. The van der Waals surface area contributed by atoms with Gasteiger partial charge < -0.3 is 14.1 Å². The molecule has 0 aliphatic rings. The van der Waals surface area contributed by atoms with Crippen LogP contribution >= 0.6 is 0 Å². The van der Waals surface area contributed by atoms with E-state index in [1.54, 1.807) is 31.2 Å². The Balaban J connectivity index is 2.41. The van der Waals surface area contributed by atoms with Crippen molar-refractivity contribution in [1.82, 2.24) is 4.98 Å². The van der Waals surface area contributed by atoms with Crippen LogP contribution in [-0.2, 0) is 4.74 Å². The van der Waals surface area contributed by atoms with Crippen LogP contribution in [0, 0.1) is 0 Å². The normalized spacial score (nSPS) is 10.9. The first-order valence-electron chi connectivity index (χ1n) is 6.38. The number of aromatic nitrogens is 1. The van der Waals surface area contributed by atoms with Gasteiger partial charge in [-0.25, -0.2) is 4.79 Å². The molecule has 2 heterocycles. The van der Waals surface area contributed by atoms with E-state index in [2.05, 4.69) is 4.98 Å². The van der Waals surface area contributed by atoms with E-state index in [9.17, 15) is 14.4 Å². The van der Waals surface area contributed by atoms with Gasteiger partial charge in [-0.3, -0.25) is 9.59 Å². The van der Waals surface area contributed by atoms with E-state index in [1.165, 1.54) is 6.20 Å². The van der Waals surface area contributed by atoms with Gasteiger partial charge in [0.05, 0.1) is 12.0 Å². The molecule has 0 bridgehead atoms. The summed E-state index contributed by atoms with van der Waals surface area (Å²) in [6.07, 6.45) is 1.19. The van der Waals surface area contributed by atoms with Gasteiger partial charge in [-0.1, -0.05) is 12.1 Å². The fourth-order valence-corrected chi connectivity index (χ4v) is 2.15. The highest BCUT2D eigenvalue weighted by molar-refractivity contribution is 5.94. The largest absolute Gasteiger partial charge is 0.462 e. The molecule has 1 aromatic carbocycles. The molecule has 21 heavy (non-hydrogen) atoms. The molecule has 2 aromatic heterocycles. The van der Waals surface area contributed by atoms with Crippen LogP contribution in [0.5, 0.6) is 0 Å². The Bertz CT molecular complexity index is 967. The van der Waals surface area contributed by atoms with Crippen molar-refractivity contribution in [2.24, 2.45) is 0 Å². The fraction of sp³-hybridized carbons (Fsp3) is 0.133. The molecular weight excluding hydrogens is 274 g/mol. The minimum atomic E-state index is -0.770. The maximum atomic E-state index is 12.4. The highest BCUT2D eigenvalue weighted by Gasteiger charge is 2.18. The summed E-state index contributed by atoms with van der Waals surface area (Å²) in [5.74, 6) is -0.770. The van der Waals surface area contributed by atoms with Gasteiger partial charge in [-0.15, -0.1) is 0 Å². The van der Waals surface area contributed by atoms with E-state index >= 15 is 0 Å². The maximum absolute atomic E-state index is 12.4. The van der Waals surface area contributed by atoms with Crippen molar-refractivity contribution in [2.45, 2.75) is 6.92 Å². The Kier molecular flexibility index (Phi) is 3.06. The fourth-order valence-electron chi connectivity index (χ4n) is 2.15. The number of benzene rings is 1. The number of esters is 1. The zero-order chi connectivity index (χ0) is 15.0. The number of carbonyl (C=O) groups is 1. The third kappa shape index (κ3) is 2.01. The van der Waals surface area contributed by atoms with Crippen LogP contribution in [0.4, 0.5) is 0 Å². The van der Waals surface area contributed by atoms with Gasteiger partial charge >= 0.3 is 5.97 Å². The quantitative estimate of drug-likeness (QED) is 0.573. The van der Waals surface area contributed by atoms with Crippen LogP contribution in [0.1, 0.15) is 17.3 Å². The van der Waals surface area contributed by atoms with E-state index < -0.39 is 16.8 Å². The molecule has 0 saturated heterocycles. The van der Waals surface area contributed by atoms with Crippen LogP contribution in [0.3, 0.4) is 0 Å². The summed E-state index contributed by atoms with van der Waals surface area (Å²) in [5, 5.41) is 0.107. The van der Waals surface area contributed by atoms with Crippen molar-refractivity contribution < 1.29 is 13.9 Å². The number of para-hydroxylation sites is 1. The second-order valence-corrected chi connectivity index (χ2v) is 4.38. The molecule has 1 N–H and O–H groups in total. The molecule has 0 aliphatic carbocycles. The topological polar surface area (TPSA) is 89.4 Å². The molecular formula is C15H11NO5. The average molecular weight is 285 g/mol. The summed E-state index contributed by atoms with van der Waals surface area (Å²) in [4.78, 5) is 39.1. The molecule has 3 aromatic rings. The second kappa shape index (κ2) is 4.90. The Labute approximate surface area is 118 Å². The van der Waals surface area contributed by atoms with Crippen LogP contribution in [0.15, 0.2) is 44.5 Å². The second-order valence-electron chi connectivity index (χ2n) is 4.38. The number of hydrogen-bond acceptors (Lipinski definition) is 5. The Morgan fingerprint density at radius 2 is 2.00 bits per heavy atom. The third-order valence-electron chi connectivity index (χ3n) is 3.11. The lowest BCUT2D eigenvalue weighted by Gasteiger charge is -2.03. The van der Waals surface area contributed by atoms with E-state index in [1.807, 2.05) is 0 Å². The summed E-state index contributed by atoms with van der Waals surface area (Å²) in [6, 6.07) is 6.60. The number of rotatable bonds is 2. The third-order valence-corrected chi connectivity index (χ3v) is 3.11. The smallest absolute Gasteiger partial charge is 0.343 e. The number of aromatic amines is 1. The van der Waals surface area contributed by atoms with Crippen LogP contribution in [0.2, 0.25) is 0 Å². The van der Waals surface area contributed by atoms with Gasteiger partial charge in [-0.05, 0) is 19.1 Å². The lowest BCUT2D eigenvalue weighted by molar-refractivity contribution is 0.0524. The van der Waals surface area contributed by atoms with Crippen LogP contribution in [0.25, 0.3) is 22.1 Å². The van der Waals surface area contributed by atoms with Gasteiger partial charge in [0.15, 0.2) is 0 Å². The number of carbonyl (C=O) groups excluding carboxylic acids is 1. The molecule has 0 radical (unpaired) electrons. The van der Waals surface area contributed by atoms with Gasteiger partial charge in [0, 0.05) is 6.20 Å². The minimum absolute atomic E-state index is 0.0387. The first kappa shape index (κ1) is 13.1. The first-order valence-corrected chi connectivity index (χ1v) is 6.38. The monoisotopic (exact) mass is 285 g/mol. The molecule has 6 nitrogen and oxygen atoms in total. The van der Waals surface area contributed by atoms with Gasteiger partial charge in [0.25, 0.3) is 0 Å². The zero-order valence-electron chi connectivity index (χ0n) is 11.1. The summed E-state index contributed by atoms with van der Waals surface area (Å²) in [7, 11) is 0. The molecule has 0 atom stereocenters. The highest BCUT2D eigenvalue weighted by Crippen LogP contribution is 2.14. The Morgan fingerprint density at radius 3 is 2.76 bits per heavy atom. The number of hydrogen-bond donors (Lipinski definition) is 1. The molecule has 0 aliphatic heterocycles. The number of nitrogens with one attached hydrogen (secondary N) is 1. The van der Waals surface area contributed by atoms with E-state index in [4.69, 9.17) is 9.15 Å². The SMILES string of the molecule is CCOC(=O)c1c[nH]c2oc3ccccc3c(=O)c2c1=O. The van der Waals surface area contributed by atoms with E-state index in [-0.39, 0.29) is 28.7 Å². The van der Waals surface area contributed by atoms with Crippen molar-refractivity contribution in [3.8, 4) is 0 Å². The van der Waals surface area contributed by atoms with Crippen molar-refractivity contribution >= 4 is 28.0 Å². The molecule has 0 fully saturated rings. The molecule has 0 unspecified atom stereocenters. The van der Waals surface area contributed by atoms with Crippen LogP contribution < -0.4 is 10.9 Å². The van der Waals surface area contributed by atoms with E-state index in [0.717, 1.165) is 0 Å². The predicted molar refractivity (Wildman–Crippen MR) is 76.6 cm³/mol. The van der Waals surface area contributed by atoms with Crippen molar-refractivity contribution in [2.75, 3.05) is 6.61 Å². The molecule has 0 amide bonds. The van der Waals surface area contributed by atoms with Crippen LogP contribution in [-0.4, -0.2) is 17.6 Å².